The van der Waals surface area contributed by atoms with Crippen molar-refractivity contribution in [2.24, 2.45) is 0 Å². The van der Waals surface area contributed by atoms with Crippen LogP contribution in [0.15, 0.2) is 91.0 Å². The fourth-order valence-corrected chi connectivity index (χ4v) is 3.02. The van der Waals surface area contributed by atoms with E-state index in [4.69, 9.17) is 0 Å². The van der Waals surface area contributed by atoms with Crippen molar-refractivity contribution < 1.29 is 4.79 Å². The maximum Gasteiger partial charge on any atom is 0.198 e. The van der Waals surface area contributed by atoms with Crippen molar-refractivity contribution in [3.8, 4) is 23.0 Å². The minimum absolute atomic E-state index is 0.215. The molecule has 0 aliphatic heterocycles. The molecule has 0 aliphatic carbocycles. The summed E-state index contributed by atoms with van der Waals surface area (Å²) < 4.78 is 1.54. The van der Waals surface area contributed by atoms with Crippen LogP contribution in [0.4, 0.5) is 0 Å². The van der Waals surface area contributed by atoms with Gasteiger partial charge in [-0.05, 0) is 12.1 Å². The van der Waals surface area contributed by atoms with E-state index in [-0.39, 0.29) is 11.5 Å². The predicted octanol–water partition coefficient (Wildman–Crippen LogP) is 4.64. The Labute approximate surface area is 156 Å². The minimum atomic E-state index is -0.215. The average molecular weight is 349 g/mol. The number of para-hydroxylation sites is 1. The molecule has 0 atom stereocenters. The number of benzene rings is 3. The lowest BCUT2D eigenvalue weighted by atomic mass is 9.98. The Morgan fingerprint density at radius 1 is 0.815 bits per heavy atom. The predicted molar refractivity (Wildman–Crippen MR) is 104 cm³/mol. The van der Waals surface area contributed by atoms with Crippen molar-refractivity contribution in [2.75, 3.05) is 0 Å². The van der Waals surface area contributed by atoms with Crippen molar-refractivity contribution in [1.82, 2.24) is 9.78 Å². The van der Waals surface area contributed by atoms with Crippen molar-refractivity contribution in [3.63, 3.8) is 0 Å². The first-order valence-corrected chi connectivity index (χ1v) is 8.53. The summed E-state index contributed by atoms with van der Waals surface area (Å²) in [6.07, 6.45) is 0. The second kappa shape index (κ2) is 7.11. The number of carbonyl (C=O) groups is 1. The molecule has 3 aromatic carbocycles. The Kier molecular flexibility index (Phi) is 4.34. The van der Waals surface area contributed by atoms with Gasteiger partial charge in [-0.25, -0.2) is 4.68 Å². The number of hydrogen-bond donors (Lipinski definition) is 0. The zero-order valence-corrected chi connectivity index (χ0v) is 14.4. The van der Waals surface area contributed by atoms with Crippen LogP contribution < -0.4 is 0 Å². The molecule has 0 saturated heterocycles. The first kappa shape index (κ1) is 16.5. The highest BCUT2D eigenvalue weighted by Gasteiger charge is 2.26. The first-order valence-electron chi connectivity index (χ1n) is 8.53. The lowest BCUT2D eigenvalue weighted by molar-refractivity contribution is 0.103. The summed E-state index contributed by atoms with van der Waals surface area (Å²) >= 11 is 0. The van der Waals surface area contributed by atoms with E-state index in [1.165, 1.54) is 0 Å². The number of nitrogens with zero attached hydrogens (tertiary/aromatic N) is 3. The third-order valence-electron chi connectivity index (χ3n) is 4.30. The van der Waals surface area contributed by atoms with E-state index >= 15 is 0 Å². The van der Waals surface area contributed by atoms with Gasteiger partial charge in [-0.3, -0.25) is 4.79 Å². The molecule has 0 N–H and O–H groups in total. The van der Waals surface area contributed by atoms with E-state index in [9.17, 15) is 10.1 Å². The molecule has 0 unspecified atom stereocenters. The summed E-state index contributed by atoms with van der Waals surface area (Å²) in [5, 5.41) is 14.5. The summed E-state index contributed by atoms with van der Waals surface area (Å²) in [5.74, 6) is -0.215. The molecule has 4 rings (SSSR count). The quantitative estimate of drug-likeness (QED) is 0.504. The Hall–Kier alpha value is -3.97. The third kappa shape index (κ3) is 3.03. The summed E-state index contributed by atoms with van der Waals surface area (Å²) in [6, 6.07) is 30.0. The number of carbonyl (C=O) groups excluding carboxylic acids is 1. The van der Waals surface area contributed by atoms with E-state index in [1.807, 2.05) is 78.9 Å². The monoisotopic (exact) mass is 349 g/mol. The SMILES string of the molecule is N#Cc1c(C(=O)c2ccccc2)c(-c2ccccc2)nn1-c1ccccc1. The Bertz CT molecular complexity index is 1120. The van der Waals surface area contributed by atoms with E-state index in [2.05, 4.69) is 11.2 Å². The van der Waals surface area contributed by atoms with Gasteiger partial charge in [-0.2, -0.15) is 10.4 Å². The third-order valence-corrected chi connectivity index (χ3v) is 4.30. The Morgan fingerprint density at radius 2 is 1.37 bits per heavy atom. The summed E-state index contributed by atoms with van der Waals surface area (Å²) in [4.78, 5) is 13.3. The van der Waals surface area contributed by atoms with Crippen LogP contribution in [0.5, 0.6) is 0 Å². The van der Waals surface area contributed by atoms with Gasteiger partial charge in [0.05, 0.1) is 11.3 Å². The maximum atomic E-state index is 13.3. The number of hydrogen-bond acceptors (Lipinski definition) is 3. The normalized spacial score (nSPS) is 10.3. The van der Waals surface area contributed by atoms with Crippen LogP contribution in [-0.2, 0) is 0 Å². The molecule has 0 saturated carbocycles. The van der Waals surface area contributed by atoms with Gasteiger partial charge in [0.25, 0.3) is 0 Å². The smallest absolute Gasteiger partial charge is 0.198 e. The van der Waals surface area contributed by atoms with Gasteiger partial charge in [-0.1, -0.05) is 78.9 Å². The standard InChI is InChI=1S/C23H15N3O/c24-16-20-21(23(27)18-12-6-2-7-13-18)22(17-10-4-1-5-11-17)25-26(20)19-14-8-3-9-15-19/h1-15H. The number of aromatic nitrogens is 2. The van der Waals surface area contributed by atoms with Crippen LogP contribution in [-0.4, -0.2) is 15.6 Å². The second-order valence-corrected chi connectivity index (χ2v) is 5.99. The molecule has 27 heavy (non-hydrogen) atoms. The van der Waals surface area contributed by atoms with Gasteiger partial charge < -0.3 is 0 Å². The highest BCUT2D eigenvalue weighted by molar-refractivity contribution is 6.13. The van der Waals surface area contributed by atoms with Gasteiger partial charge >= 0.3 is 0 Å². The molecule has 0 bridgehead atoms. The summed E-state index contributed by atoms with van der Waals surface area (Å²) in [6.45, 7) is 0. The van der Waals surface area contributed by atoms with Crippen LogP contribution in [0.2, 0.25) is 0 Å². The fourth-order valence-electron chi connectivity index (χ4n) is 3.02. The van der Waals surface area contributed by atoms with Gasteiger partial charge in [0.15, 0.2) is 11.5 Å². The zero-order chi connectivity index (χ0) is 18.6. The van der Waals surface area contributed by atoms with Gasteiger partial charge in [0.1, 0.15) is 11.8 Å². The van der Waals surface area contributed by atoms with Crippen molar-refractivity contribution in [1.29, 1.82) is 5.26 Å². The van der Waals surface area contributed by atoms with Gasteiger partial charge in [0.2, 0.25) is 0 Å². The molecule has 0 fully saturated rings. The van der Waals surface area contributed by atoms with E-state index in [0.717, 1.165) is 11.3 Å². The molecule has 4 nitrogen and oxygen atoms in total. The summed E-state index contributed by atoms with van der Waals surface area (Å²) in [5.41, 5.74) is 3.11. The van der Waals surface area contributed by atoms with Crippen molar-refractivity contribution in [3.05, 3.63) is 108 Å². The maximum absolute atomic E-state index is 13.3. The lowest BCUT2D eigenvalue weighted by Crippen LogP contribution is -2.06. The fraction of sp³-hybridized carbons (Fsp3) is 0. The second-order valence-electron chi connectivity index (χ2n) is 5.99. The topological polar surface area (TPSA) is 58.7 Å². The minimum Gasteiger partial charge on any atom is -0.288 e. The molecule has 0 aliphatic rings. The molecule has 0 radical (unpaired) electrons. The van der Waals surface area contributed by atoms with Crippen LogP contribution >= 0.6 is 0 Å². The van der Waals surface area contributed by atoms with Crippen molar-refractivity contribution in [2.45, 2.75) is 0 Å². The number of ketones is 1. The average Bonchev–Trinajstić information content (AvgIpc) is 3.14. The van der Waals surface area contributed by atoms with E-state index in [1.54, 1.807) is 16.8 Å². The zero-order valence-electron chi connectivity index (χ0n) is 14.4. The summed E-state index contributed by atoms with van der Waals surface area (Å²) in [7, 11) is 0. The molecule has 0 amide bonds. The molecular formula is C23H15N3O. The van der Waals surface area contributed by atoms with E-state index < -0.39 is 0 Å². The van der Waals surface area contributed by atoms with Crippen LogP contribution in [0, 0.1) is 11.3 Å². The van der Waals surface area contributed by atoms with Gasteiger partial charge in [-0.15, -0.1) is 0 Å². The number of nitriles is 1. The molecule has 1 heterocycles. The van der Waals surface area contributed by atoms with Crippen molar-refractivity contribution >= 4 is 5.78 Å². The highest BCUT2D eigenvalue weighted by atomic mass is 16.1. The molecule has 0 spiro atoms. The van der Waals surface area contributed by atoms with E-state index in [0.29, 0.717) is 16.8 Å². The van der Waals surface area contributed by atoms with Crippen LogP contribution in [0.25, 0.3) is 16.9 Å². The molecule has 1 aromatic heterocycles. The molecule has 4 aromatic rings. The van der Waals surface area contributed by atoms with Crippen LogP contribution in [0.1, 0.15) is 21.6 Å². The Morgan fingerprint density at radius 3 is 1.96 bits per heavy atom. The Balaban J connectivity index is 1.99. The number of rotatable bonds is 4. The van der Waals surface area contributed by atoms with Gasteiger partial charge in [0, 0.05) is 11.1 Å². The molecule has 128 valence electrons. The first-order chi connectivity index (χ1) is 13.3. The van der Waals surface area contributed by atoms with Crippen LogP contribution in [0.3, 0.4) is 0 Å². The largest absolute Gasteiger partial charge is 0.288 e. The lowest BCUT2D eigenvalue weighted by Gasteiger charge is -2.03. The molecular weight excluding hydrogens is 334 g/mol. The molecule has 4 heteroatoms. The highest BCUT2D eigenvalue weighted by Crippen LogP contribution is 2.29.